The summed E-state index contributed by atoms with van der Waals surface area (Å²) in [6, 6.07) is -0.618. The van der Waals surface area contributed by atoms with Crippen LogP contribution in [0.3, 0.4) is 0 Å². The van der Waals surface area contributed by atoms with E-state index in [1.165, 1.54) is 0 Å². The third-order valence-corrected chi connectivity index (χ3v) is 2.55. The molecule has 1 aliphatic rings. The zero-order valence-corrected chi connectivity index (χ0v) is 9.58. The first-order valence-corrected chi connectivity index (χ1v) is 5.57. The number of carbonyl (C=O) groups excluding carboxylic acids is 2. The number of nitrogens with one attached hydrogen (secondary N) is 3. The Bertz CT molecular complexity index is 278. The fraction of sp³-hybridized carbons (Fsp3) is 0.636. The summed E-state index contributed by atoms with van der Waals surface area (Å²) in [6.07, 6.45) is 3.35. The lowest BCUT2D eigenvalue weighted by Gasteiger charge is -2.25. The van der Waals surface area contributed by atoms with Crippen LogP contribution in [0.5, 0.6) is 0 Å². The molecule has 1 rings (SSSR count). The summed E-state index contributed by atoms with van der Waals surface area (Å²) in [5.41, 5.74) is 0. The van der Waals surface area contributed by atoms with E-state index in [0.29, 0.717) is 6.54 Å². The smallest absolute Gasteiger partial charge is 0.237 e. The van der Waals surface area contributed by atoms with Gasteiger partial charge in [0, 0.05) is 13.1 Å². The van der Waals surface area contributed by atoms with Crippen LogP contribution in [0.4, 0.5) is 0 Å². The van der Waals surface area contributed by atoms with Crippen molar-refractivity contribution in [2.45, 2.75) is 31.8 Å². The SMILES string of the molecule is C=CCNC(=O)C(C)NC1CCCNC1=O. The highest BCUT2D eigenvalue weighted by Crippen LogP contribution is 2.03. The Morgan fingerprint density at radius 1 is 1.75 bits per heavy atom. The molecule has 0 aromatic rings. The highest BCUT2D eigenvalue weighted by molar-refractivity contribution is 5.85. The van der Waals surface area contributed by atoms with Crippen molar-refractivity contribution < 1.29 is 9.59 Å². The Balaban J connectivity index is 2.37. The number of amides is 2. The van der Waals surface area contributed by atoms with E-state index in [1.54, 1.807) is 13.0 Å². The Hall–Kier alpha value is -1.36. The van der Waals surface area contributed by atoms with E-state index in [1.807, 2.05) is 0 Å². The number of carbonyl (C=O) groups is 2. The van der Waals surface area contributed by atoms with Crippen LogP contribution in [0.25, 0.3) is 0 Å². The lowest BCUT2D eigenvalue weighted by Crippen LogP contribution is -2.54. The highest BCUT2D eigenvalue weighted by atomic mass is 16.2. The molecule has 2 atom stereocenters. The molecule has 2 amide bonds. The molecule has 90 valence electrons. The molecule has 1 heterocycles. The minimum atomic E-state index is -0.367. The Morgan fingerprint density at radius 2 is 2.50 bits per heavy atom. The van der Waals surface area contributed by atoms with Crippen molar-refractivity contribution in [3.63, 3.8) is 0 Å². The first kappa shape index (κ1) is 12.7. The van der Waals surface area contributed by atoms with Crippen molar-refractivity contribution in [2.75, 3.05) is 13.1 Å². The van der Waals surface area contributed by atoms with Crippen molar-refractivity contribution in [1.82, 2.24) is 16.0 Å². The predicted molar refractivity (Wildman–Crippen MR) is 61.8 cm³/mol. The molecule has 16 heavy (non-hydrogen) atoms. The molecular formula is C11H19N3O2. The quantitative estimate of drug-likeness (QED) is 0.555. The molecule has 3 N–H and O–H groups in total. The summed E-state index contributed by atoms with van der Waals surface area (Å²) in [6.45, 7) is 6.45. The fourth-order valence-corrected chi connectivity index (χ4v) is 1.63. The maximum atomic E-state index is 11.5. The molecule has 2 unspecified atom stereocenters. The van der Waals surface area contributed by atoms with Gasteiger partial charge in [0.2, 0.25) is 11.8 Å². The summed E-state index contributed by atoms with van der Waals surface area (Å²) < 4.78 is 0. The molecule has 0 bridgehead atoms. The Labute approximate surface area is 95.7 Å². The van der Waals surface area contributed by atoms with Crippen LogP contribution in [-0.4, -0.2) is 37.0 Å². The van der Waals surface area contributed by atoms with Crippen LogP contribution >= 0.6 is 0 Å². The molecule has 0 aromatic carbocycles. The average molecular weight is 225 g/mol. The summed E-state index contributed by atoms with van der Waals surface area (Å²) in [5.74, 6) is -0.132. The third kappa shape index (κ3) is 3.66. The van der Waals surface area contributed by atoms with Gasteiger partial charge in [-0.2, -0.15) is 0 Å². The van der Waals surface area contributed by atoms with Crippen molar-refractivity contribution in [2.24, 2.45) is 0 Å². The summed E-state index contributed by atoms with van der Waals surface area (Å²) in [4.78, 5) is 23.0. The molecule has 5 heteroatoms. The normalized spacial score (nSPS) is 22.1. The maximum absolute atomic E-state index is 11.5. The minimum absolute atomic E-state index is 0.0189. The summed E-state index contributed by atoms with van der Waals surface area (Å²) >= 11 is 0. The van der Waals surface area contributed by atoms with E-state index in [9.17, 15) is 9.59 Å². The van der Waals surface area contributed by atoms with E-state index in [-0.39, 0.29) is 23.9 Å². The molecule has 1 fully saturated rings. The lowest BCUT2D eigenvalue weighted by molar-refractivity contribution is -0.126. The summed E-state index contributed by atoms with van der Waals surface area (Å²) in [7, 11) is 0. The van der Waals surface area contributed by atoms with E-state index in [0.717, 1.165) is 19.4 Å². The largest absolute Gasteiger partial charge is 0.355 e. The molecule has 1 saturated heterocycles. The highest BCUT2D eigenvalue weighted by Gasteiger charge is 2.25. The molecule has 0 aromatic heterocycles. The van der Waals surface area contributed by atoms with Crippen LogP contribution in [0.1, 0.15) is 19.8 Å². The number of hydrogen-bond acceptors (Lipinski definition) is 3. The van der Waals surface area contributed by atoms with Crippen LogP contribution in [0, 0.1) is 0 Å². The van der Waals surface area contributed by atoms with Gasteiger partial charge >= 0.3 is 0 Å². The van der Waals surface area contributed by atoms with Crippen molar-refractivity contribution >= 4 is 11.8 Å². The number of piperidine rings is 1. The zero-order valence-electron chi connectivity index (χ0n) is 9.58. The van der Waals surface area contributed by atoms with Crippen molar-refractivity contribution in [1.29, 1.82) is 0 Å². The molecule has 5 nitrogen and oxygen atoms in total. The lowest BCUT2D eigenvalue weighted by atomic mass is 10.1. The van der Waals surface area contributed by atoms with Gasteiger partial charge in [0.05, 0.1) is 12.1 Å². The van der Waals surface area contributed by atoms with Gasteiger partial charge in [0.1, 0.15) is 0 Å². The van der Waals surface area contributed by atoms with Gasteiger partial charge in [-0.25, -0.2) is 0 Å². The van der Waals surface area contributed by atoms with Gasteiger partial charge < -0.3 is 10.6 Å². The van der Waals surface area contributed by atoms with Gasteiger partial charge in [-0.3, -0.25) is 14.9 Å². The summed E-state index contributed by atoms with van der Waals surface area (Å²) in [5, 5.41) is 8.47. The van der Waals surface area contributed by atoms with Gasteiger partial charge in [-0.05, 0) is 19.8 Å². The van der Waals surface area contributed by atoms with E-state index in [2.05, 4.69) is 22.5 Å². The second-order valence-corrected chi connectivity index (χ2v) is 3.91. The average Bonchev–Trinajstić information content (AvgIpc) is 2.28. The predicted octanol–water partition coefficient (Wildman–Crippen LogP) is -0.455. The Morgan fingerprint density at radius 3 is 3.12 bits per heavy atom. The van der Waals surface area contributed by atoms with Crippen molar-refractivity contribution in [3.05, 3.63) is 12.7 Å². The maximum Gasteiger partial charge on any atom is 0.237 e. The van der Waals surface area contributed by atoms with Gasteiger partial charge in [0.25, 0.3) is 0 Å². The second-order valence-electron chi connectivity index (χ2n) is 3.91. The third-order valence-electron chi connectivity index (χ3n) is 2.55. The van der Waals surface area contributed by atoms with Gasteiger partial charge in [-0.1, -0.05) is 6.08 Å². The van der Waals surface area contributed by atoms with Crippen LogP contribution < -0.4 is 16.0 Å². The molecular weight excluding hydrogens is 206 g/mol. The second kappa shape index (κ2) is 6.27. The van der Waals surface area contributed by atoms with E-state index in [4.69, 9.17) is 0 Å². The van der Waals surface area contributed by atoms with E-state index < -0.39 is 0 Å². The van der Waals surface area contributed by atoms with Crippen molar-refractivity contribution in [3.8, 4) is 0 Å². The molecule has 0 saturated carbocycles. The standard InChI is InChI=1S/C11H19N3O2/c1-3-6-12-10(15)8(2)14-9-5-4-7-13-11(9)16/h3,8-9,14H,1,4-7H2,2H3,(H,12,15)(H,13,16). The zero-order chi connectivity index (χ0) is 12.0. The minimum Gasteiger partial charge on any atom is -0.355 e. The first-order chi connectivity index (χ1) is 7.65. The first-order valence-electron chi connectivity index (χ1n) is 5.57. The van der Waals surface area contributed by atoms with Crippen LogP contribution in [0.15, 0.2) is 12.7 Å². The Kier molecular flexibility index (Phi) is 4.98. The molecule has 1 aliphatic heterocycles. The molecule has 0 radical (unpaired) electrons. The van der Waals surface area contributed by atoms with Crippen LogP contribution in [-0.2, 0) is 9.59 Å². The number of rotatable bonds is 5. The van der Waals surface area contributed by atoms with Crippen LogP contribution in [0.2, 0.25) is 0 Å². The van der Waals surface area contributed by atoms with Gasteiger partial charge in [-0.15, -0.1) is 6.58 Å². The molecule has 0 aliphatic carbocycles. The number of hydrogen-bond donors (Lipinski definition) is 3. The topological polar surface area (TPSA) is 70.2 Å². The van der Waals surface area contributed by atoms with Gasteiger partial charge in [0.15, 0.2) is 0 Å². The molecule has 0 spiro atoms. The monoisotopic (exact) mass is 225 g/mol. The fourth-order valence-electron chi connectivity index (χ4n) is 1.63. The van der Waals surface area contributed by atoms with E-state index >= 15 is 0 Å².